The van der Waals surface area contributed by atoms with Crippen LogP contribution in [-0.4, -0.2) is 24.0 Å². The summed E-state index contributed by atoms with van der Waals surface area (Å²) in [7, 11) is 0. The van der Waals surface area contributed by atoms with E-state index in [2.05, 4.69) is 15.0 Å². The summed E-state index contributed by atoms with van der Waals surface area (Å²) in [6, 6.07) is 3.40. The Kier molecular flexibility index (Phi) is 3.46. The summed E-state index contributed by atoms with van der Waals surface area (Å²) in [6.07, 6.45) is 1.97. The van der Waals surface area contributed by atoms with E-state index in [1.165, 1.54) is 0 Å². The van der Waals surface area contributed by atoms with Crippen LogP contribution in [0.2, 0.25) is 5.15 Å². The van der Waals surface area contributed by atoms with Crippen molar-refractivity contribution in [3.63, 3.8) is 0 Å². The zero-order valence-electron chi connectivity index (χ0n) is 8.95. The minimum atomic E-state index is 0.0206. The number of halogens is 1. The van der Waals surface area contributed by atoms with Gasteiger partial charge in [-0.05, 0) is 23.6 Å². The fraction of sp³-hybridized carbons (Fsp3) is 0.400. The number of nitrogens with zero attached hydrogens (tertiary/aromatic N) is 5. The molecule has 1 aliphatic heterocycles. The molecule has 0 spiro atoms. The molecule has 1 unspecified atom stereocenters. The van der Waals surface area contributed by atoms with Crippen LogP contribution in [0.5, 0.6) is 0 Å². The van der Waals surface area contributed by atoms with Gasteiger partial charge in [0, 0.05) is 24.4 Å². The van der Waals surface area contributed by atoms with Gasteiger partial charge in [-0.1, -0.05) is 16.7 Å². The Bertz CT molecular complexity index is 468. The van der Waals surface area contributed by atoms with Gasteiger partial charge in [0.25, 0.3) is 0 Å². The molecule has 0 aromatic carbocycles. The average molecular weight is 252 g/mol. The molecule has 7 heteroatoms. The SMILES string of the molecule is [N-]=[N+]=NCC1CC(=O)N(c2ccc(Cl)nc2)C1. The van der Waals surface area contributed by atoms with E-state index in [-0.39, 0.29) is 11.8 Å². The number of carbonyl (C=O) groups excluding carboxylic acids is 1. The number of anilines is 1. The van der Waals surface area contributed by atoms with E-state index in [0.717, 1.165) is 5.69 Å². The molecule has 1 fully saturated rings. The van der Waals surface area contributed by atoms with Gasteiger partial charge in [-0.2, -0.15) is 0 Å². The fourth-order valence-corrected chi connectivity index (χ4v) is 1.94. The zero-order valence-corrected chi connectivity index (χ0v) is 9.71. The molecule has 1 aromatic heterocycles. The summed E-state index contributed by atoms with van der Waals surface area (Å²) in [6.45, 7) is 0.904. The topological polar surface area (TPSA) is 82.0 Å². The van der Waals surface area contributed by atoms with E-state index in [1.807, 2.05) is 0 Å². The second-order valence-electron chi connectivity index (χ2n) is 3.83. The molecule has 6 nitrogen and oxygen atoms in total. The number of rotatable bonds is 3. The summed E-state index contributed by atoms with van der Waals surface area (Å²) in [4.78, 5) is 20.0. The molecule has 0 bridgehead atoms. The third-order valence-electron chi connectivity index (χ3n) is 2.63. The van der Waals surface area contributed by atoms with Gasteiger partial charge >= 0.3 is 0 Å². The van der Waals surface area contributed by atoms with Gasteiger partial charge in [-0.3, -0.25) is 4.79 Å². The summed E-state index contributed by atoms with van der Waals surface area (Å²) < 4.78 is 0. The lowest BCUT2D eigenvalue weighted by molar-refractivity contribution is -0.117. The van der Waals surface area contributed by atoms with Crippen LogP contribution in [0, 0.1) is 5.92 Å². The highest BCUT2D eigenvalue weighted by Crippen LogP contribution is 2.25. The van der Waals surface area contributed by atoms with Crippen LogP contribution in [0.4, 0.5) is 5.69 Å². The van der Waals surface area contributed by atoms with Crippen molar-refractivity contribution in [1.29, 1.82) is 0 Å². The van der Waals surface area contributed by atoms with Crippen molar-refractivity contribution in [2.24, 2.45) is 11.0 Å². The molecule has 88 valence electrons. The van der Waals surface area contributed by atoms with Crippen molar-refractivity contribution in [3.8, 4) is 0 Å². The Morgan fingerprint density at radius 3 is 3.12 bits per heavy atom. The van der Waals surface area contributed by atoms with Crippen LogP contribution < -0.4 is 4.90 Å². The average Bonchev–Trinajstić information content (AvgIpc) is 2.69. The van der Waals surface area contributed by atoms with Crippen LogP contribution in [0.3, 0.4) is 0 Å². The minimum Gasteiger partial charge on any atom is -0.311 e. The molecule has 0 saturated carbocycles. The molecule has 2 rings (SSSR count). The van der Waals surface area contributed by atoms with Crippen molar-refractivity contribution in [3.05, 3.63) is 33.9 Å². The Morgan fingerprint density at radius 1 is 1.65 bits per heavy atom. The number of amides is 1. The molecule has 1 amide bonds. The Hall–Kier alpha value is -1.78. The highest BCUT2D eigenvalue weighted by atomic mass is 35.5. The predicted octanol–water partition coefficient (Wildman–Crippen LogP) is 2.40. The first-order chi connectivity index (χ1) is 8.20. The summed E-state index contributed by atoms with van der Waals surface area (Å²) >= 11 is 5.68. The molecule has 0 aliphatic carbocycles. The quantitative estimate of drug-likeness (QED) is 0.358. The van der Waals surface area contributed by atoms with Crippen LogP contribution in [0.15, 0.2) is 23.4 Å². The van der Waals surface area contributed by atoms with E-state index in [9.17, 15) is 4.79 Å². The van der Waals surface area contributed by atoms with Crippen molar-refractivity contribution in [1.82, 2.24) is 4.98 Å². The monoisotopic (exact) mass is 251 g/mol. The summed E-state index contributed by atoms with van der Waals surface area (Å²) in [5, 5.41) is 3.89. The highest BCUT2D eigenvalue weighted by molar-refractivity contribution is 6.29. The standard InChI is InChI=1S/C10H10ClN5O/c11-9-2-1-8(5-13-9)16-6-7(3-10(16)17)4-14-15-12/h1-2,5,7H,3-4,6H2. The molecule has 1 atom stereocenters. The number of hydrogen-bond acceptors (Lipinski definition) is 3. The molecule has 2 heterocycles. The van der Waals surface area contributed by atoms with Gasteiger partial charge < -0.3 is 4.90 Å². The molecule has 1 aromatic rings. The number of azide groups is 1. The molecule has 0 radical (unpaired) electrons. The third kappa shape index (κ3) is 2.67. The number of carbonyl (C=O) groups is 1. The molecular formula is C10H10ClN5O. The molecule has 0 N–H and O–H groups in total. The predicted molar refractivity (Wildman–Crippen MR) is 63.7 cm³/mol. The first-order valence-electron chi connectivity index (χ1n) is 5.13. The van der Waals surface area contributed by atoms with Crippen LogP contribution >= 0.6 is 11.6 Å². The van der Waals surface area contributed by atoms with Crippen LogP contribution in [0.25, 0.3) is 10.4 Å². The Morgan fingerprint density at radius 2 is 2.47 bits per heavy atom. The second-order valence-corrected chi connectivity index (χ2v) is 4.21. The van der Waals surface area contributed by atoms with E-state index in [1.54, 1.807) is 23.2 Å². The molecule has 17 heavy (non-hydrogen) atoms. The molecule has 1 saturated heterocycles. The van der Waals surface area contributed by atoms with Crippen LogP contribution in [-0.2, 0) is 4.79 Å². The Balaban J connectivity index is 2.10. The fourth-order valence-electron chi connectivity index (χ4n) is 1.83. The first-order valence-corrected chi connectivity index (χ1v) is 5.51. The van der Waals surface area contributed by atoms with Crippen molar-refractivity contribution >= 4 is 23.2 Å². The lowest BCUT2D eigenvalue weighted by Crippen LogP contribution is -2.24. The molecule has 1 aliphatic rings. The van der Waals surface area contributed by atoms with E-state index < -0.39 is 0 Å². The summed E-state index contributed by atoms with van der Waals surface area (Å²) in [5.74, 6) is 0.0985. The van der Waals surface area contributed by atoms with Gasteiger partial charge in [-0.25, -0.2) is 4.98 Å². The lowest BCUT2D eigenvalue weighted by atomic mass is 10.1. The first kappa shape index (κ1) is 11.7. The second kappa shape index (κ2) is 5.03. The minimum absolute atomic E-state index is 0.0206. The maximum Gasteiger partial charge on any atom is 0.227 e. The van der Waals surface area contributed by atoms with Crippen molar-refractivity contribution in [2.45, 2.75) is 6.42 Å². The largest absolute Gasteiger partial charge is 0.311 e. The smallest absolute Gasteiger partial charge is 0.227 e. The molecular weight excluding hydrogens is 242 g/mol. The zero-order chi connectivity index (χ0) is 12.3. The Labute approximate surface area is 103 Å². The van der Waals surface area contributed by atoms with Gasteiger partial charge in [0.15, 0.2) is 0 Å². The highest BCUT2D eigenvalue weighted by Gasteiger charge is 2.30. The maximum absolute atomic E-state index is 11.8. The number of pyridine rings is 1. The normalized spacial score (nSPS) is 19.2. The van der Waals surface area contributed by atoms with Crippen molar-refractivity contribution < 1.29 is 4.79 Å². The van der Waals surface area contributed by atoms with Gasteiger partial charge in [-0.15, -0.1) is 0 Å². The van der Waals surface area contributed by atoms with Crippen molar-refractivity contribution in [2.75, 3.05) is 18.0 Å². The van der Waals surface area contributed by atoms with Gasteiger partial charge in [0.2, 0.25) is 5.91 Å². The lowest BCUT2D eigenvalue weighted by Gasteiger charge is -2.15. The van der Waals surface area contributed by atoms with E-state index >= 15 is 0 Å². The third-order valence-corrected chi connectivity index (χ3v) is 2.86. The van der Waals surface area contributed by atoms with E-state index in [4.69, 9.17) is 17.1 Å². The van der Waals surface area contributed by atoms with Gasteiger partial charge in [0.1, 0.15) is 5.15 Å². The van der Waals surface area contributed by atoms with Gasteiger partial charge in [0.05, 0.1) is 11.9 Å². The number of aromatic nitrogens is 1. The summed E-state index contributed by atoms with van der Waals surface area (Å²) in [5.41, 5.74) is 8.97. The maximum atomic E-state index is 11.8. The van der Waals surface area contributed by atoms with Crippen LogP contribution in [0.1, 0.15) is 6.42 Å². The van der Waals surface area contributed by atoms with E-state index in [0.29, 0.717) is 24.7 Å². The number of hydrogen-bond donors (Lipinski definition) is 0.